The molecule has 4 rings (SSSR count). The highest BCUT2D eigenvalue weighted by Crippen LogP contribution is 2.27. The smallest absolute Gasteiger partial charge is 0.252 e. The fraction of sp³-hybridized carbons (Fsp3) is 0.185. The van der Waals surface area contributed by atoms with Crippen molar-refractivity contribution in [1.82, 2.24) is 10.3 Å². The molecule has 0 aliphatic heterocycles. The molecule has 0 saturated heterocycles. The highest BCUT2D eigenvalue weighted by Gasteiger charge is 2.16. The predicted octanol–water partition coefficient (Wildman–Crippen LogP) is 5.96. The molecule has 0 spiro atoms. The number of carbonyl (C=O) groups is 1. The number of nitrogens with one attached hydrogen (secondary N) is 1. The van der Waals surface area contributed by atoms with Gasteiger partial charge in [-0.1, -0.05) is 72.8 Å². The molecule has 30 heavy (non-hydrogen) atoms. The molecule has 1 amide bonds. The maximum absolute atomic E-state index is 13.2. The summed E-state index contributed by atoms with van der Waals surface area (Å²) in [5.41, 5.74) is 5.81. The molecule has 0 bridgehead atoms. The number of benzene rings is 3. The molecule has 1 N–H and O–H groups in total. The molecule has 3 aromatic carbocycles. The van der Waals surface area contributed by atoms with Crippen molar-refractivity contribution in [2.24, 2.45) is 0 Å². The molecule has 0 saturated carbocycles. The van der Waals surface area contributed by atoms with Crippen LogP contribution in [0.2, 0.25) is 0 Å². The average molecular weight is 395 g/mol. The maximum atomic E-state index is 13.2. The Morgan fingerprint density at radius 1 is 0.933 bits per heavy atom. The first kappa shape index (κ1) is 19.8. The van der Waals surface area contributed by atoms with E-state index in [4.69, 9.17) is 4.98 Å². The van der Waals surface area contributed by atoms with Crippen LogP contribution < -0.4 is 5.32 Å². The monoisotopic (exact) mass is 394 g/mol. The van der Waals surface area contributed by atoms with E-state index in [1.165, 1.54) is 5.56 Å². The zero-order valence-corrected chi connectivity index (χ0v) is 17.4. The van der Waals surface area contributed by atoms with Gasteiger partial charge >= 0.3 is 0 Å². The third-order valence-electron chi connectivity index (χ3n) is 5.47. The van der Waals surface area contributed by atoms with Crippen LogP contribution in [0.1, 0.15) is 34.8 Å². The first-order valence-electron chi connectivity index (χ1n) is 10.4. The van der Waals surface area contributed by atoms with Crippen molar-refractivity contribution >= 4 is 16.8 Å². The third kappa shape index (κ3) is 4.41. The Bertz CT molecular complexity index is 1170. The molecule has 0 fully saturated rings. The summed E-state index contributed by atoms with van der Waals surface area (Å²) in [7, 11) is 0. The number of nitrogens with zero attached hydrogens (tertiary/aromatic N) is 1. The van der Waals surface area contributed by atoms with E-state index in [1.54, 1.807) is 0 Å². The summed E-state index contributed by atoms with van der Waals surface area (Å²) in [5, 5.41) is 4.06. The number of hydrogen-bond acceptors (Lipinski definition) is 2. The molecule has 3 heteroatoms. The van der Waals surface area contributed by atoms with Gasteiger partial charge in [0.25, 0.3) is 5.91 Å². The number of pyridine rings is 1. The molecule has 1 unspecified atom stereocenters. The van der Waals surface area contributed by atoms with Crippen LogP contribution in [0.15, 0.2) is 84.9 Å². The summed E-state index contributed by atoms with van der Waals surface area (Å²) in [6, 6.07) is 28.4. The van der Waals surface area contributed by atoms with Crippen LogP contribution in [0.3, 0.4) is 0 Å². The number of amides is 1. The Hall–Kier alpha value is -3.46. The summed E-state index contributed by atoms with van der Waals surface area (Å²) in [5.74, 6) is -0.0519. The second-order valence-corrected chi connectivity index (χ2v) is 7.79. The fourth-order valence-corrected chi connectivity index (χ4v) is 3.76. The average Bonchev–Trinajstić information content (AvgIpc) is 2.78. The van der Waals surface area contributed by atoms with Gasteiger partial charge in [-0.05, 0) is 49.9 Å². The number of aryl methyl sites for hydroxylation is 2. The summed E-state index contributed by atoms with van der Waals surface area (Å²) in [4.78, 5) is 18.0. The molecule has 1 aromatic heterocycles. The molecule has 1 heterocycles. The van der Waals surface area contributed by atoms with Crippen molar-refractivity contribution in [3.63, 3.8) is 0 Å². The largest absolute Gasteiger partial charge is 0.350 e. The van der Waals surface area contributed by atoms with Crippen molar-refractivity contribution < 1.29 is 4.79 Å². The lowest BCUT2D eigenvalue weighted by atomic mass is 10.00. The van der Waals surface area contributed by atoms with Crippen molar-refractivity contribution in [1.29, 1.82) is 0 Å². The van der Waals surface area contributed by atoms with Crippen molar-refractivity contribution in [3.05, 3.63) is 102 Å². The second-order valence-electron chi connectivity index (χ2n) is 7.79. The second kappa shape index (κ2) is 8.91. The number of carbonyl (C=O) groups excluding carboxylic acids is 1. The first-order valence-corrected chi connectivity index (χ1v) is 10.4. The van der Waals surface area contributed by atoms with E-state index >= 15 is 0 Å². The number of rotatable bonds is 6. The normalized spacial score (nSPS) is 11.9. The van der Waals surface area contributed by atoms with Crippen LogP contribution in [-0.2, 0) is 6.42 Å². The van der Waals surface area contributed by atoms with Crippen LogP contribution in [0.25, 0.3) is 22.2 Å². The van der Waals surface area contributed by atoms with Gasteiger partial charge in [0, 0.05) is 17.0 Å². The predicted molar refractivity (Wildman–Crippen MR) is 124 cm³/mol. The number of para-hydroxylation sites is 1. The molecule has 3 nitrogen and oxygen atoms in total. The quantitative estimate of drug-likeness (QED) is 0.438. The van der Waals surface area contributed by atoms with E-state index in [1.807, 2.05) is 48.5 Å². The van der Waals surface area contributed by atoms with E-state index in [0.29, 0.717) is 5.56 Å². The minimum atomic E-state index is -0.0519. The highest BCUT2D eigenvalue weighted by molar-refractivity contribution is 6.07. The minimum Gasteiger partial charge on any atom is -0.350 e. The van der Waals surface area contributed by atoms with Crippen LogP contribution in [0, 0.1) is 6.92 Å². The summed E-state index contributed by atoms with van der Waals surface area (Å²) in [6.45, 7) is 4.13. The lowest BCUT2D eigenvalue weighted by Crippen LogP contribution is -2.33. The lowest BCUT2D eigenvalue weighted by Gasteiger charge is -2.16. The van der Waals surface area contributed by atoms with Crippen LogP contribution >= 0.6 is 0 Å². The summed E-state index contributed by atoms with van der Waals surface area (Å²) in [6.07, 6.45) is 1.83. The standard InChI is InChI=1S/C27H26N2O/c1-19-10-6-7-13-22(19)26-18-24(23-14-8-9-15-25(23)29-26)27(30)28-20(2)16-17-21-11-4-3-5-12-21/h3-15,18,20H,16-17H2,1-2H3,(H,28,30). The van der Waals surface area contributed by atoms with Crippen LogP contribution in [-0.4, -0.2) is 16.9 Å². The van der Waals surface area contributed by atoms with Crippen molar-refractivity contribution in [3.8, 4) is 11.3 Å². The Labute approximate surface area is 177 Å². The topological polar surface area (TPSA) is 42.0 Å². The van der Waals surface area contributed by atoms with Gasteiger partial charge in [0.15, 0.2) is 0 Å². The van der Waals surface area contributed by atoms with Gasteiger partial charge < -0.3 is 5.32 Å². The lowest BCUT2D eigenvalue weighted by molar-refractivity contribution is 0.0940. The molecule has 1 atom stereocenters. The van der Waals surface area contributed by atoms with Gasteiger partial charge in [0.2, 0.25) is 0 Å². The van der Waals surface area contributed by atoms with Gasteiger partial charge in [-0.25, -0.2) is 4.98 Å². The van der Waals surface area contributed by atoms with E-state index in [2.05, 4.69) is 55.6 Å². The Morgan fingerprint density at radius 3 is 2.43 bits per heavy atom. The van der Waals surface area contributed by atoms with E-state index in [-0.39, 0.29) is 11.9 Å². The van der Waals surface area contributed by atoms with E-state index in [0.717, 1.165) is 40.6 Å². The Kier molecular flexibility index (Phi) is 5.89. The minimum absolute atomic E-state index is 0.0519. The van der Waals surface area contributed by atoms with Crippen molar-refractivity contribution in [2.45, 2.75) is 32.7 Å². The highest BCUT2D eigenvalue weighted by atomic mass is 16.1. The number of hydrogen-bond donors (Lipinski definition) is 1. The molecule has 4 aromatic rings. The zero-order valence-electron chi connectivity index (χ0n) is 17.4. The van der Waals surface area contributed by atoms with Crippen LogP contribution in [0.5, 0.6) is 0 Å². The molecule has 0 radical (unpaired) electrons. The summed E-state index contributed by atoms with van der Waals surface area (Å²) < 4.78 is 0. The fourth-order valence-electron chi connectivity index (χ4n) is 3.76. The summed E-state index contributed by atoms with van der Waals surface area (Å²) >= 11 is 0. The molecule has 0 aliphatic carbocycles. The molecule has 0 aliphatic rings. The van der Waals surface area contributed by atoms with Crippen LogP contribution in [0.4, 0.5) is 0 Å². The van der Waals surface area contributed by atoms with Gasteiger partial charge in [-0.3, -0.25) is 4.79 Å². The van der Waals surface area contributed by atoms with Gasteiger partial charge in [0.05, 0.1) is 16.8 Å². The molecular formula is C27H26N2O. The van der Waals surface area contributed by atoms with E-state index in [9.17, 15) is 4.79 Å². The Balaban J connectivity index is 1.60. The first-order chi connectivity index (χ1) is 14.6. The molecular weight excluding hydrogens is 368 g/mol. The number of aromatic nitrogens is 1. The SMILES string of the molecule is Cc1ccccc1-c1cc(C(=O)NC(C)CCc2ccccc2)c2ccccc2n1. The van der Waals surface area contributed by atoms with Gasteiger partial charge in [0.1, 0.15) is 0 Å². The van der Waals surface area contributed by atoms with Gasteiger partial charge in [-0.15, -0.1) is 0 Å². The van der Waals surface area contributed by atoms with E-state index < -0.39 is 0 Å². The Morgan fingerprint density at radius 2 is 1.63 bits per heavy atom. The molecule has 150 valence electrons. The van der Waals surface area contributed by atoms with Crippen molar-refractivity contribution in [2.75, 3.05) is 0 Å². The third-order valence-corrected chi connectivity index (χ3v) is 5.47. The van der Waals surface area contributed by atoms with Gasteiger partial charge in [-0.2, -0.15) is 0 Å². The number of fused-ring (bicyclic) bond motifs is 1. The zero-order chi connectivity index (χ0) is 20.9. The maximum Gasteiger partial charge on any atom is 0.252 e.